The van der Waals surface area contributed by atoms with Crippen LogP contribution in [-0.2, 0) is 13.9 Å². The van der Waals surface area contributed by atoms with E-state index in [0.29, 0.717) is 18.1 Å². The van der Waals surface area contributed by atoms with Gasteiger partial charge in [0.25, 0.3) is 0 Å². The Morgan fingerprint density at radius 2 is 2.17 bits per heavy atom. The van der Waals surface area contributed by atoms with Crippen molar-refractivity contribution in [2.75, 3.05) is 13.7 Å². The van der Waals surface area contributed by atoms with E-state index in [2.05, 4.69) is 0 Å². The quantitative estimate of drug-likeness (QED) is 0.541. The second-order valence-corrected chi connectivity index (χ2v) is 5.82. The molecule has 1 heterocycles. The molecule has 0 unspecified atom stereocenters. The molecule has 1 N–H and O–H groups in total. The van der Waals surface area contributed by atoms with Crippen molar-refractivity contribution in [1.29, 1.82) is 0 Å². The molecule has 1 aliphatic heterocycles. The van der Waals surface area contributed by atoms with Gasteiger partial charge in [-0.3, -0.25) is 4.79 Å². The predicted octanol–water partition coefficient (Wildman–Crippen LogP) is 3.86. The van der Waals surface area contributed by atoms with Gasteiger partial charge < -0.3 is 14.7 Å². The maximum Gasteiger partial charge on any atom is 0.303 e. The first-order valence-electron chi connectivity index (χ1n) is 7.55. The molecular weight excluding hydrogens is 318 g/mol. The zero-order valence-electron chi connectivity index (χ0n) is 13.1. The zero-order valence-corrected chi connectivity index (χ0v) is 13.9. The minimum absolute atomic E-state index is 0.236. The van der Waals surface area contributed by atoms with Crippen LogP contribution < -0.4 is 4.74 Å². The third-order valence-corrected chi connectivity index (χ3v) is 3.85. The molecule has 0 aliphatic carbocycles. The summed E-state index contributed by atoms with van der Waals surface area (Å²) in [5, 5.41) is 10.7. The molecule has 1 saturated heterocycles. The van der Waals surface area contributed by atoms with Crippen molar-refractivity contribution >= 4 is 24.1 Å². The van der Waals surface area contributed by atoms with Gasteiger partial charge in [0.15, 0.2) is 0 Å². The summed E-state index contributed by atoms with van der Waals surface area (Å²) in [6.07, 6.45) is 5.59. The lowest BCUT2D eigenvalue weighted by Crippen LogP contribution is -2.16. The number of methoxy groups -OCH3 is 1. The summed E-state index contributed by atoms with van der Waals surface area (Å²) < 4.78 is 10.6. The fourth-order valence-corrected chi connectivity index (χ4v) is 2.64. The first-order chi connectivity index (χ1) is 11.2. The maximum absolute atomic E-state index is 10.4. The molecule has 1 aromatic carbocycles. The molecule has 1 aromatic rings. The second-order valence-electron chi connectivity index (χ2n) is 5.10. The van der Waals surface area contributed by atoms with Gasteiger partial charge in [0.2, 0.25) is 5.09 Å². The van der Waals surface area contributed by atoms with E-state index in [1.54, 1.807) is 7.11 Å². The molecule has 0 bridgehead atoms. The lowest BCUT2D eigenvalue weighted by atomic mass is 10.1. The molecule has 1 aliphatic rings. The van der Waals surface area contributed by atoms with Crippen molar-refractivity contribution in [1.82, 2.24) is 5.23 Å². The van der Waals surface area contributed by atoms with Crippen LogP contribution >= 0.6 is 12.0 Å². The number of carboxylic acids is 1. The molecule has 2 rings (SSSR count). The van der Waals surface area contributed by atoms with Crippen molar-refractivity contribution in [3.63, 3.8) is 0 Å². The maximum atomic E-state index is 10.4. The number of hydrogen-bond donors (Lipinski definition) is 1. The van der Waals surface area contributed by atoms with E-state index >= 15 is 0 Å². The third kappa shape index (κ3) is 6.52. The normalized spacial score (nSPS) is 16.5. The van der Waals surface area contributed by atoms with Gasteiger partial charge in [-0.05, 0) is 41.8 Å². The highest BCUT2D eigenvalue weighted by Gasteiger charge is 2.20. The Kier molecular flexibility index (Phi) is 7.25. The standard InChI is InChI=1S/C16H21NO5S/c1-20-14-8-6-7-13(11-14)12-16-21-17(22-23-16)10-5-3-2-4-9-15(18)19/h6-8,11-12H,2-5,9-10H2,1H3,(H,18,19). The van der Waals surface area contributed by atoms with Crippen molar-refractivity contribution in [3.05, 3.63) is 34.9 Å². The molecule has 0 atom stereocenters. The number of hydrogen-bond acceptors (Lipinski definition) is 6. The number of carboxylic acid groups (broad SMARTS) is 1. The minimum atomic E-state index is -0.736. The molecule has 0 spiro atoms. The van der Waals surface area contributed by atoms with Gasteiger partial charge in [-0.1, -0.05) is 25.0 Å². The average molecular weight is 339 g/mol. The number of unbranched alkanes of at least 4 members (excludes halogenated alkanes) is 3. The van der Waals surface area contributed by atoms with E-state index in [9.17, 15) is 4.79 Å². The molecule has 7 heteroatoms. The highest BCUT2D eigenvalue weighted by Crippen LogP contribution is 2.32. The molecule has 126 valence electrons. The molecule has 23 heavy (non-hydrogen) atoms. The SMILES string of the molecule is COc1cccc(C=C2ON(CCCCCCC(=O)O)OS2)c1. The fourth-order valence-electron chi connectivity index (χ4n) is 2.08. The number of nitrogens with zero attached hydrogens (tertiary/aromatic N) is 1. The Bertz CT molecular complexity index is 549. The fraction of sp³-hybridized carbons (Fsp3) is 0.438. The van der Waals surface area contributed by atoms with Gasteiger partial charge in [0, 0.05) is 6.42 Å². The van der Waals surface area contributed by atoms with Gasteiger partial charge >= 0.3 is 5.97 Å². The van der Waals surface area contributed by atoms with Gasteiger partial charge in [-0.25, -0.2) is 0 Å². The first-order valence-corrected chi connectivity index (χ1v) is 8.29. The van der Waals surface area contributed by atoms with Crippen molar-refractivity contribution in [2.45, 2.75) is 32.1 Å². The molecule has 6 nitrogen and oxygen atoms in total. The average Bonchev–Trinajstić information content (AvgIpc) is 2.98. The van der Waals surface area contributed by atoms with Crippen LogP contribution in [0.3, 0.4) is 0 Å². The molecule has 0 amide bonds. The Morgan fingerprint density at radius 3 is 2.96 bits per heavy atom. The van der Waals surface area contributed by atoms with E-state index in [4.69, 9.17) is 19.0 Å². The van der Waals surface area contributed by atoms with E-state index in [1.807, 2.05) is 30.3 Å². The van der Waals surface area contributed by atoms with E-state index in [-0.39, 0.29) is 6.42 Å². The van der Waals surface area contributed by atoms with Crippen LogP contribution in [0.25, 0.3) is 6.08 Å². The van der Waals surface area contributed by atoms with Crippen LogP contribution in [-0.4, -0.2) is 30.0 Å². The largest absolute Gasteiger partial charge is 0.497 e. The minimum Gasteiger partial charge on any atom is -0.497 e. The molecule has 0 saturated carbocycles. The van der Waals surface area contributed by atoms with Crippen LogP contribution in [0.1, 0.15) is 37.7 Å². The monoisotopic (exact) mass is 339 g/mol. The summed E-state index contributed by atoms with van der Waals surface area (Å²) in [7, 11) is 1.63. The molecule has 1 fully saturated rings. The number of aliphatic carboxylic acids is 1. The number of carbonyl (C=O) groups is 1. The third-order valence-electron chi connectivity index (χ3n) is 3.25. The highest BCUT2D eigenvalue weighted by atomic mass is 32.2. The second kappa shape index (κ2) is 9.44. The van der Waals surface area contributed by atoms with E-state index in [1.165, 1.54) is 17.3 Å². The van der Waals surface area contributed by atoms with Gasteiger partial charge in [0.1, 0.15) is 5.75 Å². The predicted molar refractivity (Wildman–Crippen MR) is 88.2 cm³/mol. The summed E-state index contributed by atoms with van der Waals surface area (Å²) in [4.78, 5) is 16.0. The first kappa shape index (κ1) is 17.7. The van der Waals surface area contributed by atoms with Crippen LogP contribution in [0.2, 0.25) is 0 Å². The van der Waals surface area contributed by atoms with Crippen molar-refractivity contribution in [3.8, 4) is 5.75 Å². The summed E-state index contributed by atoms with van der Waals surface area (Å²) in [5.41, 5.74) is 0.978. The summed E-state index contributed by atoms with van der Waals surface area (Å²) in [6, 6.07) is 7.69. The van der Waals surface area contributed by atoms with Gasteiger partial charge in [0.05, 0.1) is 25.7 Å². The Morgan fingerprint density at radius 1 is 1.35 bits per heavy atom. The number of hydroxylamine groups is 2. The summed E-state index contributed by atoms with van der Waals surface area (Å²) in [6.45, 7) is 0.648. The Balaban J connectivity index is 1.69. The number of rotatable bonds is 9. The Labute approximate surface area is 140 Å². The summed E-state index contributed by atoms with van der Waals surface area (Å²) in [5.74, 6) is 0.0569. The van der Waals surface area contributed by atoms with Crippen molar-refractivity contribution < 1.29 is 23.8 Å². The zero-order chi connectivity index (χ0) is 16.5. The lowest BCUT2D eigenvalue weighted by molar-refractivity contribution is -0.259. The van der Waals surface area contributed by atoms with E-state index in [0.717, 1.165) is 30.6 Å². The van der Waals surface area contributed by atoms with Crippen LogP contribution in [0.4, 0.5) is 0 Å². The van der Waals surface area contributed by atoms with Gasteiger partial charge in [-0.15, -0.1) is 0 Å². The van der Waals surface area contributed by atoms with Crippen LogP contribution in [0, 0.1) is 0 Å². The number of benzene rings is 1. The molecule has 0 radical (unpaired) electrons. The Hall–Kier alpha value is -1.70. The number of ether oxygens (including phenoxy) is 1. The van der Waals surface area contributed by atoms with Gasteiger partial charge in [-0.2, -0.15) is 4.28 Å². The van der Waals surface area contributed by atoms with Crippen molar-refractivity contribution in [2.24, 2.45) is 0 Å². The van der Waals surface area contributed by atoms with Crippen LogP contribution in [0.15, 0.2) is 29.4 Å². The molecule has 0 aromatic heterocycles. The lowest BCUT2D eigenvalue weighted by Gasteiger charge is -2.09. The topological polar surface area (TPSA) is 68.2 Å². The summed E-state index contributed by atoms with van der Waals surface area (Å²) >= 11 is 1.18. The molecular formula is C16H21NO5S. The van der Waals surface area contributed by atoms with Crippen LogP contribution in [0.5, 0.6) is 5.75 Å². The highest BCUT2D eigenvalue weighted by molar-refractivity contribution is 7.98. The smallest absolute Gasteiger partial charge is 0.303 e. The van der Waals surface area contributed by atoms with E-state index < -0.39 is 5.97 Å².